The van der Waals surface area contributed by atoms with Gasteiger partial charge < -0.3 is 19.5 Å². The first-order valence-corrected chi connectivity index (χ1v) is 10.3. The number of anilines is 1. The number of benzene rings is 2. The Labute approximate surface area is 163 Å². The molecule has 1 heterocycles. The molecule has 0 saturated heterocycles. The molecule has 9 heteroatoms. The highest BCUT2D eigenvalue weighted by atomic mass is 32.2. The molecular weight excluding hydrogens is 384 g/mol. The summed E-state index contributed by atoms with van der Waals surface area (Å²) in [7, 11) is -2.27. The molecule has 0 aromatic heterocycles. The van der Waals surface area contributed by atoms with Gasteiger partial charge in [0, 0.05) is 25.5 Å². The third-order valence-electron chi connectivity index (χ3n) is 4.05. The predicted octanol–water partition coefficient (Wildman–Crippen LogP) is 2.16. The van der Waals surface area contributed by atoms with Gasteiger partial charge in [-0.15, -0.1) is 0 Å². The number of para-hydroxylation sites is 2. The van der Waals surface area contributed by atoms with E-state index < -0.39 is 10.0 Å². The van der Waals surface area contributed by atoms with E-state index in [1.165, 1.54) is 19.2 Å². The molecule has 28 heavy (non-hydrogen) atoms. The van der Waals surface area contributed by atoms with Crippen LogP contribution >= 0.6 is 0 Å². The quantitative estimate of drug-likeness (QED) is 0.731. The van der Waals surface area contributed by atoms with Crippen LogP contribution in [0.1, 0.15) is 12.8 Å². The summed E-state index contributed by atoms with van der Waals surface area (Å²) in [6, 6.07) is 11.4. The van der Waals surface area contributed by atoms with Crippen LogP contribution in [0.25, 0.3) is 0 Å². The molecule has 0 saturated carbocycles. The number of carbonyl (C=O) groups excluding carboxylic acids is 1. The summed E-state index contributed by atoms with van der Waals surface area (Å²) in [5.74, 6) is 1.12. The topological polar surface area (TPSA) is 103 Å². The number of amides is 1. The van der Waals surface area contributed by atoms with Crippen LogP contribution in [0.4, 0.5) is 5.69 Å². The lowest BCUT2D eigenvalue weighted by atomic mass is 10.3. The van der Waals surface area contributed by atoms with Crippen molar-refractivity contribution in [3.63, 3.8) is 0 Å². The normalized spacial score (nSPS) is 13.5. The van der Waals surface area contributed by atoms with Crippen LogP contribution in [0.2, 0.25) is 0 Å². The molecule has 2 aromatic carbocycles. The maximum atomic E-state index is 12.5. The molecule has 2 N–H and O–H groups in total. The largest absolute Gasteiger partial charge is 0.495 e. The molecule has 0 aliphatic carbocycles. The molecule has 1 aliphatic heterocycles. The monoisotopic (exact) mass is 406 g/mol. The van der Waals surface area contributed by atoms with Gasteiger partial charge in [0.15, 0.2) is 11.5 Å². The van der Waals surface area contributed by atoms with E-state index in [0.717, 1.165) is 6.42 Å². The molecule has 0 unspecified atom stereocenters. The van der Waals surface area contributed by atoms with Crippen molar-refractivity contribution in [3.8, 4) is 17.2 Å². The van der Waals surface area contributed by atoms with Gasteiger partial charge in [-0.3, -0.25) is 4.79 Å². The summed E-state index contributed by atoms with van der Waals surface area (Å²) in [4.78, 5) is 12.2. The van der Waals surface area contributed by atoms with E-state index in [-0.39, 0.29) is 23.8 Å². The van der Waals surface area contributed by atoms with Crippen LogP contribution in [0.5, 0.6) is 17.2 Å². The number of rotatable bonds is 7. The van der Waals surface area contributed by atoms with Gasteiger partial charge in [0.05, 0.1) is 30.9 Å². The number of nitrogens with one attached hydrogen (secondary N) is 2. The van der Waals surface area contributed by atoms with Crippen LogP contribution < -0.4 is 24.2 Å². The molecule has 0 radical (unpaired) electrons. The lowest BCUT2D eigenvalue weighted by molar-refractivity contribution is -0.116. The summed E-state index contributed by atoms with van der Waals surface area (Å²) in [5, 5.41) is 2.70. The summed E-state index contributed by atoms with van der Waals surface area (Å²) in [6.07, 6.45) is 0.707. The number of hydrogen-bond donors (Lipinski definition) is 2. The van der Waals surface area contributed by atoms with Crippen LogP contribution in [0.3, 0.4) is 0 Å². The number of hydrogen-bond acceptors (Lipinski definition) is 6. The molecule has 150 valence electrons. The Morgan fingerprint density at radius 2 is 1.86 bits per heavy atom. The highest BCUT2D eigenvalue weighted by Gasteiger charge is 2.19. The van der Waals surface area contributed by atoms with E-state index in [1.807, 2.05) is 0 Å². The predicted molar refractivity (Wildman–Crippen MR) is 103 cm³/mol. The fourth-order valence-electron chi connectivity index (χ4n) is 2.65. The first-order chi connectivity index (χ1) is 13.5. The van der Waals surface area contributed by atoms with Gasteiger partial charge in [0.25, 0.3) is 0 Å². The van der Waals surface area contributed by atoms with Gasteiger partial charge in [0.2, 0.25) is 15.9 Å². The molecular formula is C19H22N2O6S. The van der Waals surface area contributed by atoms with Gasteiger partial charge in [-0.25, -0.2) is 13.1 Å². The van der Waals surface area contributed by atoms with Gasteiger partial charge in [-0.2, -0.15) is 0 Å². The first-order valence-electron chi connectivity index (χ1n) is 8.82. The van der Waals surface area contributed by atoms with Crippen LogP contribution in [0.15, 0.2) is 47.4 Å². The van der Waals surface area contributed by atoms with E-state index >= 15 is 0 Å². The summed E-state index contributed by atoms with van der Waals surface area (Å²) in [5.41, 5.74) is 0.528. The highest BCUT2D eigenvalue weighted by Crippen LogP contribution is 2.31. The smallest absolute Gasteiger partial charge is 0.240 e. The number of sulfonamides is 1. The lowest BCUT2D eigenvalue weighted by Gasteiger charge is -2.12. The van der Waals surface area contributed by atoms with Gasteiger partial charge in [0.1, 0.15) is 5.75 Å². The maximum absolute atomic E-state index is 12.5. The molecule has 0 spiro atoms. The second-order valence-corrected chi connectivity index (χ2v) is 7.82. The molecule has 1 aliphatic rings. The number of methoxy groups -OCH3 is 1. The van der Waals surface area contributed by atoms with E-state index in [0.29, 0.717) is 36.1 Å². The molecule has 0 atom stereocenters. The highest BCUT2D eigenvalue weighted by molar-refractivity contribution is 7.89. The van der Waals surface area contributed by atoms with Crippen molar-refractivity contribution < 1.29 is 27.4 Å². The first kappa shape index (κ1) is 20.0. The van der Waals surface area contributed by atoms with Crippen molar-refractivity contribution >= 4 is 21.6 Å². The summed E-state index contributed by atoms with van der Waals surface area (Å²) >= 11 is 0. The van der Waals surface area contributed by atoms with Gasteiger partial charge >= 0.3 is 0 Å². The second kappa shape index (κ2) is 8.94. The lowest BCUT2D eigenvalue weighted by Crippen LogP contribution is -2.28. The fraction of sp³-hybridized carbons (Fsp3) is 0.316. The average Bonchev–Trinajstić information content (AvgIpc) is 2.93. The SMILES string of the molecule is COc1ccccc1NC(=O)CCNS(=O)(=O)c1ccc2c(c1)OCCCO2. The third kappa shape index (κ3) is 4.93. The zero-order valence-corrected chi connectivity index (χ0v) is 16.3. The molecule has 2 aromatic rings. The van der Waals surface area contributed by atoms with Gasteiger partial charge in [-0.05, 0) is 24.3 Å². The van der Waals surface area contributed by atoms with Crippen molar-refractivity contribution in [3.05, 3.63) is 42.5 Å². The fourth-order valence-corrected chi connectivity index (χ4v) is 3.70. The van der Waals surface area contributed by atoms with E-state index in [4.69, 9.17) is 14.2 Å². The minimum Gasteiger partial charge on any atom is -0.495 e. The number of carbonyl (C=O) groups is 1. The van der Waals surface area contributed by atoms with Crippen LogP contribution in [-0.4, -0.2) is 41.2 Å². The van der Waals surface area contributed by atoms with Crippen molar-refractivity contribution in [1.82, 2.24) is 4.72 Å². The van der Waals surface area contributed by atoms with Crippen LogP contribution in [0, 0.1) is 0 Å². The Hall–Kier alpha value is -2.78. The second-order valence-electron chi connectivity index (χ2n) is 6.06. The molecule has 0 bridgehead atoms. The summed E-state index contributed by atoms with van der Waals surface area (Å²) in [6.45, 7) is 0.948. The number of fused-ring (bicyclic) bond motifs is 1. The zero-order valence-electron chi connectivity index (χ0n) is 15.4. The van der Waals surface area contributed by atoms with Crippen molar-refractivity contribution in [1.29, 1.82) is 0 Å². The zero-order chi connectivity index (χ0) is 20.0. The van der Waals surface area contributed by atoms with E-state index in [9.17, 15) is 13.2 Å². The Balaban J connectivity index is 1.58. The molecule has 1 amide bonds. The maximum Gasteiger partial charge on any atom is 0.240 e. The Bertz CT molecular complexity index is 945. The van der Waals surface area contributed by atoms with Crippen molar-refractivity contribution in [2.45, 2.75) is 17.7 Å². The average molecular weight is 406 g/mol. The van der Waals surface area contributed by atoms with E-state index in [1.54, 1.807) is 30.3 Å². The Kier molecular flexibility index (Phi) is 6.37. The minimum atomic E-state index is -3.78. The summed E-state index contributed by atoms with van der Waals surface area (Å²) < 4.78 is 43.6. The molecule has 3 rings (SSSR count). The van der Waals surface area contributed by atoms with Crippen LogP contribution in [-0.2, 0) is 14.8 Å². The standard InChI is InChI=1S/C19H22N2O6S/c1-25-16-6-3-2-5-15(16)21-19(22)9-10-20-28(23,24)14-7-8-17-18(13-14)27-12-4-11-26-17/h2-3,5-8,13,20H,4,9-12H2,1H3,(H,21,22). The third-order valence-corrected chi connectivity index (χ3v) is 5.51. The van der Waals surface area contributed by atoms with Crippen molar-refractivity contribution in [2.75, 3.05) is 32.2 Å². The van der Waals surface area contributed by atoms with Crippen molar-refractivity contribution in [2.24, 2.45) is 0 Å². The molecule has 0 fully saturated rings. The Morgan fingerprint density at radius 1 is 1.11 bits per heavy atom. The number of ether oxygens (including phenoxy) is 3. The Morgan fingerprint density at radius 3 is 2.64 bits per heavy atom. The minimum absolute atomic E-state index is 0.0260. The van der Waals surface area contributed by atoms with Gasteiger partial charge in [-0.1, -0.05) is 12.1 Å². The molecule has 8 nitrogen and oxygen atoms in total. The van der Waals surface area contributed by atoms with E-state index in [2.05, 4.69) is 10.0 Å².